The lowest BCUT2D eigenvalue weighted by molar-refractivity contribution is -0.123. The predicted octanol–water partition coefficient (Wildman–Crippen LogP) is 3.54. The first kappa shape index (κ1) is 18.8. The van der Waals surface area contributed by atoms with Crippen LogP contribution < -0.4 is 11.1 Å². The van der Waals surface area contributed by atoms with Crippen LogP contribution in [0.1, 0.15) is 44.6 Å². The van der Waals surface area contributed by atoms with E-state index in [9.17, 15) is 4.79 Å². The van der Waals surface area contributed by atoms with Crippen molar-refractivity contribution in [3.8, 4) is 0 Å². The van der Waals surface area contributed by atoms with E-state index in [2.05, 4.69) is 23.3 Å². The summed E-state index contributed by atoms with van der Waals surface area (Å²) in [7, 11) is 0. The third-order valence-corrected chi connectivity index (χ3v) is 5.06. The Morgan fingerprint density at radius 2 is 2.08 bits per heavy atom. The minimum atomic E-state index is -0.491. The molecule has 0 radical (unpaired) electrons. The van der Waals surface area contributed by atoms with Crippen LogP contribution in [-0.2, 0) is 11.2 Å². The molecule has 1 fully saturated rings. The second-order valence-corrected chi connectivity index (χ2v) is 6.99. The summed E-state index contributed by atoms with van der Waals surface area (Å²) in [6.07, 6.45) is 8.35. The van der Waals surface area contributed by atoms with Crippen LogP contribution in [0.3, 0.4) is 0 Å². The Bertz CT molecular complexity index is 669. The fourth-order valence-corrected chi connectivity index (χ4v) is 3.57. The maximum absolute atomic E-state index is 12.4. The molecule has 0 bridgehead atoms. The van der Waals surface area contributed by atoms with Gasteiger partial charge in [0.25, 0.3) is 0 Å². The summed E-state index contributed by atoms with van der Waals surface area (Å²) in [5, 5.41) is 4.32. The molecule has 0 spiro atoms. The smallest absolute Gasteiger partial charge is 0.237 e. The summed E-state index contributed by atoms with van der Waals surface area (Å²) >= 11 is 0. The summed E-state index contributed by atoms with van der Waals surface area (Å²) in [5.74, 6) is 0.756. The second-order valence-electron chi connectivity index (χ2n) is 6.99. The quantitative estimate of drug-likeness (QED) is 0.739. The van der Waals surface area contributed by atoms with E-state index in [1.807, 2.05) is 24.4 Å². The fourth-order valence-electron chi connectivity index (χ4n) is 3.57. The maximum atomic E-state index is 12.4. The van der Waals surface area contributed by atoms with Crippen LogP contribution in [0, 0.1) is 5.92 Å². The number of benzene rings is 1. The predicted molar refractivity (Wildman–Crippen MR) is 101 cm³/mol. The van der Waals surface area contributed by atoms with E-state index in [-0.39, 0.29) is 18.3 Å². The highest BCUT2D eigenvalue weighted by Crippen LogP contribution is 2.23. The van der Waals surface area contributed by atoms with Crippen molar-refractivity contribution >= 4 is 29.2 Å². The van der Waals surface area contributed by atoms with Crippen molar-refractivity contribution in [2.45, 2.75) is 57.5 Å². The standard InChI is InChI=1S/C19H27N3O.ClH/c1-13-5-4-6-15(10-9-13)22-19(23)17(20)11-14-12-21-18-8-3-2-7-16(14)18;/h2-3,7-8,12-13,15,17,21H,4-6,9-11,20H2,1H3,(H,22,23);1H/t13?,15?,17-;/m0./s1. The van der Waals surface area contributed by atoms with Gasteiger partial charge in [-0.2, -0.15) is 0 Å². The number of H-pyrrole nitrogens is 1. The first-order valence-corrected chi connectivity index (χ1v) is 8.74. The summed E-state index contributed by atoms with van der Waals surface area (Å²) < 4.78 is 0. The molecule has 3 rings (SSSR count). The van der Waals surface area contributed by atoms with Gasteiger partial charge in [-0.25, -0.2) is 0 Å². The minimum Gasteiger partial charge on any atom is -0.361 e. The van der Waals surface area contributed by atoms with E-state index >= 15 is 0 Å². The average Bonchev–Trinajstić information content (AvgIpc) is 2.84. The molecule has 4 N–H and O–H groups in total. The van der Waals surface area contributed by atoms with Gasteiger partial charge in [-0.15, -0.1) is 12.4 Å². The second kappa shape index (κ2) is 8.54. The molecule has 4 nitrogen and oxygen atoms in total. The van der Waals surface area contributed by atoms with Crippen LogP contribution in [-0.4, -0.2) is 23.0 Å². The number of nitrogens with one attached hydrogen (secondary N) is 2. The number of rotatable bonds is 4. The third kappa shape index (κ3) is 4.52. The third-order valence-electron chi connectivity index (χ3n) is 5.06. The Labute approximate surface area is 150 Å². The van der Waals surface area contributed by atoms with Gasteiger partial charge in [0.05, 0.1) is 6.04 Å². The number of aromatic amines is 1. The van der Waals surface area contributed by atoms with Crippen molar-refractivity contribution in [2.24, 2.45) is 11.7 Å². The van der Waals surface area contributed by atoms with Crippen molar-refractivity contribution in [1.82, 2.24) is 10.3 Å². The number of aromatic nitrogens is 1. The number of nitrogens with two attached hydrogens (primary N) is 1. The van der Waals surface area contributed by atoms with Gasteiger partial charge in [0, 0.05) is 23.1 Å². The molecular formula is C19H28ClN3O. The molecule has 5 heteroatoms. The molecule has 1 aromatic carbocycles. The van der Waals surface area contributed by atoms with E-state index in [0.717, 1.165) is 35.2 Å². The number of halogens is 1. The van der Waals surface area contributed by atoms with Crippen LogP contribution in [0.25, 0.3) is 10.9 Å². The Morgan fingerprint density at radius 1 is 1.29 bits per heavy atom. The molecule has 2 unspecified atom stereocenters. The van der Waals surface area contributed by atoms with E-state index < -0.39 is 6.04 Å². The molecule has 1 amide bonds. The Kier molecular flexibility index (Phi) is 6.69. The number of para-hydroxylation sites is 1. The van der Waals surface area contributed by atoms with Crippen molar-refractivity contribution in [2.75, 3.05) is 0 Å². The molecule has 1 aliphatic rings. The Morgan fingerprint density at radius 3 is 2.92 bits per heavy atom. The van der Waals surface area contributed by atoms with Gasteiger partial charge in [-0.05, 0) is 43.2 Å². The zero-order chi connectivity index (χ0) is 16.2. The number of fused-ring (bicyclic) bond motifs is 1. The molecule has 1 aliphatic carbocycles. The van der Waals surface area contributed by atoms with Gasteiger partial charge in [-0.3, -0.25) is 4.79 Å². The van der Waals surface area contributed by atoms with Crippen molar-refractivity contribution < 1.29 is 4.79 Å². The van der Waals surface area contributed by atoms with Gasteiger partial charge >= 0.3 is 0 Å². The normalized spacial score (nSPS) is 22.4. The van der Waals surface area contributed by atoms with E-state index in [1.165, 1.54) is 19.3 Å². The van der Waals surface area contributed by atoms with E-state index in [1.54, 1.807) is 0 Å². The molecule has 3 atom stereocenters. The van der Waals surface area contributed by atoms with Crippen LogP contribution in [0.4, 0.5) is 0 Å². The zero-order valence-electron chi connectivity index (χ0n) is 14.3. The molecule has 2 aromatic rings. The topological polar surface area (TPSA) is 70.9 Å². The minimum absolute atomic E-state index is 0. The largest absolute Gasteiger partial charge is 0.361 e. The van der Waals surface area contributed by atoms with E-state index in [4.69, 9.17) is 5.73 Å². The monoisotopic (exact) mass is 349 g/mol. The van der Waals surface area contributed by atoms with Crippen molar-refractivity contribution in [3.63, 3.8) is 0 Å². The number of carbonyl (C=O) groups excluding carboxylic acids is 1. The zero-order valence-corrected chi connectivity index (χ0v) is 15.1. The van der Waals surface area contributed by atoms with Crippen LogP contribution in [0.15, 0.2) is 30.5 Å². The first-order valence-electron chi connectivity index (χ1n) is 8.74. The Hall–Kier alpha value is -1.52. The van der Waals surface area contributed by atoms with Crippen molar-refractivity contribution in [1.29, 1.82) is 0 Å². The summed E-state index contributed by atoms with van der Waals surface area (Å²) in [6, 6.07) is 7.92. The highest BCUT2D eigenvalue weighted by Gasteiger charge is 2.21. The van der Waals surface area contributed by atoms with Gasteiger partial charge in [0.1, 0.15) is 0 Å². The van der Waals surface area contributed by atoms with Crippen LogP contribution >= 0.6 is 12.4 Å². The molecular weight excluding hydrogens is 322 g/mol. The first-order chi connectivity index (χ1) is 11.1. The van der Waals surface area contributed by atoms with Crippen molar-refractivity contribution in [3.05, 3.63) is 36.0 Å². The van der Waals surface area contributed by atoms with Crippen LogP contribution in [0.2, 0.25) is 0 Å². The molecule has 1 heterocycles. The molecule has 1 aromatic heterocycles. The lowest BCUT2D eigenvalue weighted by Crippen LogP contribution is -2.46. The van der Waals surface area contributed by atoms with Gasteiger partial charge in [0.2, 0.25) is 5.91 Å². The molecule has 1 saturated carbocycles. The SMILES string of the molecule is CC1CCCC(NC(=O)[C@@H](N)Cc2c[nH]c3ccccc23)CC1.Cl. The van der Waals surface area contributed by atoms with Gasteiger partial charge < -0.3 is 16.0 Å². The average molecular weight is 350 g/mol. The summed E-state index contributed by atoms with van der Waals surface area (Å²) in [6.45, 7) is 2.30. The molecule has 0 saturated heterocycles. The van der Waals surface area contributed by atoms with E-state index in [0.29, 0.717) is 12.5 Å². The number of amides is 1. The maximum Gasteiger partial charge on any atom is 0.237 e. The molecule has 132 valence electrons. The lowest BCUT2D eigenvalue weighted by Gasteiger charge is -2.19. The molecule has 0 aliphatic heterocycles. The summed E-state index contributed by atoms with van der Waals surface area (Å²) in [5.41, 5.74) is 8.36. The van der Waals surface area contributed by atoms with Gasteiger partial charge in [-0.1, -0.05) is 38.0 Å². The fraction of sp³-hybridized carbons (Fsp3) is 0.526. The van der Waals surface area contributed by atoms with Crippen LogP contribution in [0.5, 0.6) is 0 Å². The lowest BCUT2D eigenvalue weighted by atomic mass is 10.0. The summed E-state index contributed by atoms with van der Waals surface area (Å²) in [4.78, 5) is 15.7. The number of hydrogen-bond acceptors (Lipinski definition) is 2. The molecule has 24 heavy (non-hydrogen) atoms. The van der Waals surface area contributed by atoms with Gasteiger partial charge in [0.15, 0.2) is 0 Å². The Balaban J connectivity index is 0.00000208. The number of hydrogen-bond donors (Lipinski definition) is 3. The highest BCUT2D eigenvalue weighted by atomic mass is 35.5. The number of carbonyl (C=O) groups is 1. The highest BCUT2D eigenvalue weighted by molar-refractivity contribution is 5.86.